The van der Waals surface area contributed by atoms with E-state index in [2.05, 4.69) is 15.5 Å². The maximum absolute atomic E-state index is 12.5. The number of alkyl halides is 2. The molecule has 0 unspecified atom stereocenters. The molecule has 20 heavy (non-hydrogen) atoms. The Morgan fingerprint density at radius 3 is 2.80 bits per heavy atom. The number of carbonyl (C=O) groups is 1. The van der Waals surface area contributed by atoms with E-state index in [0.717, 1.165) is 5.56 Å². The van der Waals surface area contributed by atoms with Crippen LogP contribution in [0.1, 0.15) is 23.4 Å². The highest BCUT2D eigenvalue weighted by molar-refractivity contribution is 5.75. The van der Waals surface area contributed by atoms with E-state index in [1.807, 2.05) is 0 Å². The van der Waals surface area contributed by atoms with Crippen LogP contribution in [0.25, 0.3) is 0 Å². The van der Waals surface area contributed by atoms with Gasteiger partial charge in [0, 0.05) is 31.0 Å². The third-order valence-electron chi connectivity index (χ3n) is 2.77. The molecule has 0 aliphatic rings. The Morgan fingerprint density at radius 2 is 2.25 bits per heavy atom. The van der Waals surface area contributed by atoms with Crippen molar-refractivity contribution >= 4 is 5.91 Å². The number of amides is 1. The van der Waals surface area contributed by atoms with Crippen LogP contribution in [0.2, 0.25) is 0 Å². The van der Waals surface area contributed by atoms with Crippen LogP contribution in [0, 0.1) is 6.92 Å². The number of rotatable bonds is 5. The topological polar surface area (TPSA) is 64.7 Å². The van der Waals surface area contributed by atoms with E-state index >= 15 is 0 Å². The molecule has 8 heteroatoms. The molecular formula is C12H15F2N5O. The standard InChI is InChI=1S/C12H15F2N5O/c1-8-3-10(12(13)14)17-19(8)7-11(20)15-4-9-5-16-18(2)6-9/h3,5-6,12H,4,7H2,1-2H3,(H,15,20). The predicted octanol–water partition coefficient (Wildman–Crippen LogP) is 1.18. The number of aromatic nitrogens is 4. The summed E-state index contributed by atoms with van der Waals surface area (Å²) in [5, 5.41) is 10.4. The van der Waals surface area contributed by atoms with Gasteiger partial charge in [-0.25, -0.2) is 8.78 Å². The molecule has 2 aromatic rings. The van der Waals surface area contributed by atoms with Gasteiger partial charge in [-0.15, -0.1) is 0 Å². The van der Waals surface area contributed by atoms with Crippen LogP contribution in [0.3, 0.4) is 0 Å². The second kappa shape index (κ2) is 5.81. The highest BCUT2D eigenvalue weighted by Crippen LogP contribution is 2.17. The van der Waals surface area contributed by atoms with Crippen molar-refractivity contribution in [3.05, 3.63) is 35.4 Å². The highest BCUT2D eigenvalue weighted by Gasteiger charge is 2.14. The second-order valence-electron chi connectivity index (χ2n) is 4.47. The van der Waals surface area contributed by atoms with E-state index in [4.69, 9.17) is 0 Å². The van der Waals surface area contributed by atoms with E-state index in [-0.39, 0.29) is 18.1 Å². The van der Waals surface area contributed by atoms with Crippen LogP contribution in [0.5, 0.6) is 0 Å². The maximum Gasteiger partial charge on any atom is 0.282 e. The van der Waals surface area contributed by atoms with Crippen molar-refractivity contribution in [1.29, 1.82) is 0 Å². The molecular weight excluding hydrogens is 268 g/mol. The van der Waals surface area contributed by atoms with Crippen molar-refractivity contribution in [2.45, 2.75) is 26.4 Å². The van der Waals surface area contributed by atoms with Gasteiger partial charge in [-0.2, -0.15) is 10.2 Å². The number of halogens is 2. The lowest BCUT2D eigenvalue weighted by molar-refractivity contribution is -0.122. The zero-order chi connectivity index (χ0) is 14.7. The van der Waals surface area contributed by atoms with Crippen molar-refractivity contribution in [1.82, 2.24) is 24.9 Å². The third-order valence-corrected chi connectivity index (χ3v) is 2.77. The first-order valence-electron chi connectivity index (χ1n) is 6.02. The highest BCUT2D eigenvalue weighted by atomic mass is 19.3. The van der Waals surface area contributed by atoms with Crippen LogP contribution in [0.15, 0.2) is 18.5 Å². The van der Waals surface area contributed by atoms with Crippen LogP contribution >= 0.6 is 0 Å². The maximum atomic E-state index is 12.5. The first kappa shape index (κ1) is 14.2. The van der Waals surface area contributed by atoms with Crippen molar-refractivity contribution in [3.8, 4) is 0 Å². The van der Waals surface area contributed by atoms with Crippen molar-refractivity contribution in [2.75, 3.05) is 0 Å². The number of aryl methyl sites for hydroxylation is 2. The van der Waals surface area contributed by atoms with E-state index in [1.165, 1.54) is 10.7 Å². The largest absolute Gasteiger partial charge is 0.350 e. The summed E-state index contributed by atoms with van der Waals surface area (Å²) >= 11 is 0. The molecule has 0 saturated heterocycles. The number of nitrogens with zero attached hydrogens (tertiary/aromatic N) is 4. The lowest BCUT2D eigenvalue weighted by Crippen LogP contribution is -2.27. The van der Waals surface area contributed by atoms with Gasteiger partial charge in [-0.3, -0.25) is 14.2 Å². The minimum absolute atomic E-state index is 0.0845. The van der Waals surface area contributed by atoms with Crippen LogP contribution < -0.4 is 5.32 Å². The summed E-state index contributed by atoms with van der Waals surface area (Å²) in [6.45, 7) is 1.89. The molecule has 2 aromatic heterocycles. The molecule has 0 aliphatic heterocycles. The molecule has 0 aliphatic carbocycles. The second-order valence-corrected chi connectivity index (χ2v) is 4.47. The molecule has 0 bridgehead atoms. The van der Waals surface area contributed by atoms with Crippen molar-refractivity contribution in [3.63, 3.8) is 0 Å². The molecule has 1 amide bonds. The number of hydrogen-bond acceptors (Lipinski definition) is 3. The van der Waals surface area contributed by atoms with Gasteiger partial charge in [-0.05, 0) is 13.0 Å². The SMILES string of the molecule is Cc1cc(C(F)F)nn1CC(=O)NCc1cnn(C)c1. The number of hydrogen-bond donors (Lipinski definition) is 1. The van der Waals surface area contributed by atoms with Gasteiger partial charge in [-0.1, -0.05) is 0 Å². The average molecular weight is 283 g/mol. The summed E-state index contributed by atoms with van der Waals surface area (Å²) in [4.78, 5) is 11.7. The Morgan fingerprint density at radius 1 is 1.50 bits per heavy atom. The molecule has 108 valence electrons. The first-order chi connectivity index (χ1) is 9.45. The molecule has 0 aromatic carbocycles. The minimum atomic E-state index is -2.63. The van der Waals surface area contributed by atoms with Gasteiger partial charge in [0.1, 0.15) is 12.2 Å². The van der Waals surface area contributed by atoms with Gasteiger partial charge in [0.05, 0.1) is 6.20 Å². The molecule has 0 atom stereocenters. The lowest BCUT2D eigenvalue weighted by Gasteiger charge is -2.05. The summed E-state index contributed by atoms with van der Waals surface area (Å²) in [6.07, 6.45) is 0.802. The third kappa shape index (κ3) is 3.40. The molecule has 6 nitrogen and oxygen atoms in total. The normalized spacial score (nSPS) is 11.1. The van der Waals surface area contributed by atoms with E-state index in [9.17, 15) is 13.6 Å². The van der Waals surface area contributed by atoms with Crippen molar-refractivity contribution in [2.24, 2.45) is 7.05 Å². The van der Waals surface area contributed by atoms with Crippen LogP contribution in [-0.2, 0) is 24.9 Å². The monoisotopic (exact) mass is 283 g/mol. The zero-order valence-electron chi connectivity index (χ0n) is 11.2. The van der Waals surface area contributed by atoms with E-state index in [1.54, 1.807) is 31.0 Å². The number of nitrogens with one attached hydrogen (secondary N) is 1. The summed E-state index contributed by atoms with van der Waals surface area (Å²) in [5.74, 6) is -0.291. The fourth-order valence-electron chi connectivity index (χ4n) is 1.76. The Bertz CT molecular complexity index is 605. The molecule has 0 radical (unpaired) electrons. The number of carbonyl (C=O) groups excluding carboxylic acids is 1. The van der Waals surface area contributed by atoms with Crippen LogP contribution in [-0.4, -0.2) is 25.5 Å². The Hall–Kier alpha value is -2.25. The predicted molar refractivity (Wildman–Crippen MR) is 67.0 cm³/mol. The molecule has 0 saturated carbocycles. The average Bonchev–Trinajstić information content (AvgIpc) is 2.94. The van der Waals surface area contributed by atoms with Crippen LogP contribution in [0.4, 0.5) is 8.78 Å². The fraction of sp³-hybridized carbons (Fsp3) is 0.417. The molecule has 0 fully saturated rings. The summed E-state index contributed by atoms with van der Waals surface area (Å²) in [7, 11) is 1.78. The Labute approximate surface area is 114 Å². The van der Waals surface area contributed by atoms with Crippen molar-refractivity contribution < 1.29 is 13.6 Å². The van der Waals surface area contributed by atoms with E-state index in [0.29, 0.717) is 12.2 Å². The Balaban J connectivity index is 1.91. The minimum Gasteiger partial charge on any atom is -0.350 e. The quantitative estimate of drug-likeness (QED) is 0.896. The first-order valence-corrected chi connectivity index (χ1v) is 6.02. The summed E-state index contributed by atoms with van der Waals surface area (Å²) in [6, 6.07) is 1.28. The Kier molecular flexibility index (Phi) is 4.11. The van der Waals surface area contributed by atoms with Gasteiger partial charge in [0.15, 0.2) is 0 Å². The molecule has 2 rings (SSSR count). The smallest absolute Gasteiger partial charge is 0.282 e. The molecule has 1 N–H and O–H groups in total. The molecule has 2 heterocycles. The zero-order valence-corrected chi connectivity index (χ0v) is 11.2. The van der Waals surface area contributed by atoms with Gasteiger partial charge < -0.3 is 5.32 Å². The van der Waals surface area contributed by atoms with Gasteiger partial charge in [0.25, 0.3) is 6.43 Å². The summed E-state index contributed by atoms with van der Waals surface area (Å²) < 4.78 is 27.9. The van der Waals surface area contributed by atoms with E-state index < -0.39 is 6.43 Å². The van der Waals surface area contributed by atoms with Gasteiger partial charge in [0.2, 0.25) is 5.91 Å². The molecule has 0 spiro atoms. The lowest BCUT2D eigenvalue weighted by atomic mass is 10.3. The summed E-state index contributed by atoms with van der Waals surface area (Å²) in [5.41, 5.74) is 1.07. The fourth-order valence-corrected chi connectivity index (χ4v) is 1.76. The van der Waals surface area contributed by atoms with Gasteiger partial charge >= 0.3 is 0 Å².